The van der Waals surface area contributed by atoms with Crippen LogP contribution in [0, 0.1) is 6.92 Å². The van der Waals surface area contributed by atoms with Gasteiger partial charge in [-0.3, -0.25) is 9.25 Å². The van der Waals surface area contributed by atoms with E-state index in [1.165, 1.54) is 0 Å². The largest absolute Gasteiger partial charge is 0.285 e. The van der Waals surface area contributed by atoms with E-state index >= 15 is 0 Å². The summed E-state index contributed by atoms with van der Waals surface area (Å²) >= 11 is 6.33. The fraction of sp³-hybridized carbons (Fsp3) is 0.500. The Hall–Kier alpha value is -1.29. The van der Waals surface area contributed by atoms with Gasteiger partial charge in [0.15, 0.2) is 5.82 Å². The molecule has 2 aromatic heterocycles. The molecule has 92 valence electrons. The Morgan fingerprint density at radius 2 is 2.12 bits per heavy atom. The molecular weight excluding hydrogens is 236 g/mol. The molecule has 2 aromatic rings. The van der Waals surface area contributed by atoms with Gasteiger partial charge < -0.3 is 0 Å². The highest BCUT2D eigenvalue weighted by Crippen LogP contribution is 2.26. The predicted octanol–water partition coefficient (Wildman–Crippen LogP) is 3.17. The molecule has 2 rings (SSSR count). The third kappa shape index (κ3) is 1.97. The predicted molar refractivity (Wildman–Crippen MR) is 68.9 cm³/mol. The molecule has 0 spiro atoms. The van der Waals surface area contributed by atoms with Crippen LogP contribution in [0.3, 0.4) is 0 Å². The van der Waals surface area contributed by atoms with E-state index < -0.39 is 0 Å². The molecular formula is C12H17ClN4. The van der Waals surface area contributed by atoms with Gasteiger partial charge in [-0.05, 0) is 13.8 Å². The fourth-order valence-electron chi connectivity index (χ4n) is 1.89. The fourth-order valence-corrected chi connectivity index (χ4v) is 2.12. The highest BCUT2D eigenvalue weighted by atomic mass is 35.5. The molecule has 0 N–H and O–H groups in total. The van der Waals surface area contributed by atoms with Crippen LogP contribution >= 0.6 is 11.6 Å². The van der Waals surface area contributed by atoms with Crippen molar-refractivity contribution in [1.82, 2.24) is 19.3 Å². The second-order valence-corrected chi connectivity index (χ2v) is 4.73. The number of aromatic nitrogens is 4. The molecule has 4 nitrogen and oxygen atoms in total. The molecule has 0 aliphatic carbocycles. The number of imidazole rings is 1. The van der Waals surface area contributed by atoms with E-state index in [9.17, 15) is 0 Å². The van der Waals surface area contributed by atoms with Crippen molar-refractivity contribution in [1.29, 1.82) is 0 Å². The Bertz CT molecular complexity index is 525. The molecule has 2 heterocycles. The van der Waals surface area contributed by atoms with Gasteiger partial charge in [0.1, 0.15) is 10.8 Å². The van der Waals surface area contributed by atoms with Crippen LogP contribution in [0.2, 0.25) is 5.02 Å². The van der Waals surface area contributed by atoms with Crippen molar-refractivity contribution in [3.63, 3.8) is 0 Å². The minimum Gasteiger partial charge on any atom is -0.285 e. The number of nitrogens with zero attached hydrogens (tertiary/aromatic N) is 4. The van der Waals surface area contributed by atoms with E-state index in [1.54, 1.807) is 6.20 Å². The van der Waals surface area contributed by atoms with Crippen molar-refractivity contribution in [2.45, 2.75) is 40.2 Å². The zero-order valence-electron chi connectivity index (χ0n) is 10.6. The van der Waals surface area contributed by atoms with Gasteiger partial charge in [0.25, 0.3) is 0 Å². The molecule has 0 aromatic carbocycles. The summed E-state index contributed by atoms with van der Waals surface area (Å²) in [6.07, 6.45) is 3.69. The van der Waals surface area contributed by atoms with E-state index in [1.807, 2.05) is 22.4 Å². The van der Waals surface area contributed by atoms with Gasteiger partial charge >= 0.3 is 0 Å². The summed E-state index contributed by atoms with van der Waals surface area (Å²) in [6, 6.07) is 0. The maximum absolute atomic E-state index is 6.33. The van der Waals surface area contributed by atoms with E-state index in [4.69, 9.17) is 11.6 Å². The van der Waals surface area contributed by atoms with Crippen molar-refractivity contribution in [2.24, 2.45) is 0 Å². The molecule has 5 heteroatoms. The van der Waals surface area contributed by atoms with Gasteiger partial charge in [0.05, 0.1) is 5.69 Å². The molecule has 0 saturated carbocycles. The van der Waals surface area contributed by atoms with Crippen LogP contribution in [-0.4, -0.2) is 19.3 Å². The number of hydrogen-bond acceptors (Lipinski definition) is 2. The Kier molecular flexibility index (Phi) is 3.24. The number of aryl methyl sites for hydroxylation is 1. The van der Waals surface area contributed by atoms with Gasteiger partial charge in [0, 0.05) is 24.9 Å². The van der Waals surface area contributed by atoms with Crippen molar-refractivity contribution in [3.8, 4) is 5.82 Å². The van der Waals surface area contributed by atoms with E-state index in [-0.39, 0.29) is 0 Å². The lowest BCUT2D eigenvalue weighted by Crippen LogP contribution is -2.05. The molecule has 0 fully saturated rings. The maximum atomic E-state index is 6.33. The topological polar surface area (TPSA) is 35.6 Å². The lowest BCUT2D eigenvalue weighted by Gasteiger charge is -2.07. The molecule has 0 bridgehead atoms. The molecule has 0 radical (unpaired) electrons. The molecule has 0 aliphatic heterocycles. The number of rotatable bonds is 3. The van der Waals surface area contributed by atoms with Gasteiger partial charge in [-0.2, -0.15) is 5.10 Å². The first-order chi connectivity index (χ1) is 8.06. The first kappa shape index (κ1) is 12.2. The smallest absolute Gasteiger partial charge is 0.179 e. The molecule has 0 amide bonds. The van der Waals surface area contributed by atoms with E-state index in [2.05, 4.69) is 30.9 Å². The summed E-state index contributed by atoms with van der Waals surface area (Å²) in [6.45, 7) is 9.07. The summed E-state index contributed by atoms with van der Waals surface area (Å²) in [5.74, 6) is 2.09. The summed E-state index contributed by atoms with van der Waals surface area (Å²) in [5.41, 5.74) is 0.993. The van der Waals surface area contributed by atoms with Crippen LogP contribution in [-0.2, 0) is 6.54 Å². The van der Waals surface area contributed by atoms with E-state index in [0.717, 1.165) is 23.9 Å². The van der Waals surface area contributed by atoms with Crippen molar-refractivity contribution >= 4 is 11.6 Å². The first-order valence-electron chi connectivity index (χ1n) is 5.82. The SMILES string of the molecule is CCn1nc(-n2ccnc2C(C)C)c(Cl)c1C. The molecule has 0 unspecified atom stereocenters. The van der Waals surface area contributed by atoms with Gasteiger partial charge in [0.2, 0.25) is 0 Å². The average molecular weight is 253 g/mol. The highest BCUT2D eigenvalue weighted by Gasteiger charge is 2.17. The second-order valence-electron chi connectivity index (χ2n) is 4.35. The van der Waals surface area contributed by atoms with Crippen LogP contribution in [0.25, 0.3) is 5.82 Å². The highest BCUT2D eigenvalue weighted by molar-refractivity contribution is 6.32. The van der Waals surface area contributed by atoms with Crippen molar-refractivity contribution in [3.05, 3.63) is 28.9 Å². The monoisotopic (exact) mass is 252 g/mol. The van der Waals surface area contributed by atoms with Crippen molar-refractivity contribution < 1.29 is 0 Å². The molecule has 0 saturated heterocycles. The third-order valence-electron chi connectivity index (χ3n) is 2.83. The summed E-state index contributed by atoms with van der Waals surface area (Å²) in [4.78, 5) is 4.35. The minimum atomic E-state index is 0.341. The molecule has 17 heavy (non-hydrogen) atoms. The number of hydrogen-bond donors (Lipinski definition) is 0. The minimum absolute atomic E-state index is 0.341. The molecule has 0 atom stereocenters. The van der Waals surface area contributed by atoms with Crippen LogP contribution in [0.1, 0.15) is 38.2 Å². The Morgan fingerprint density at radius 1 is 1.41 bits per heavy atom. The maximum Gasteiger partial charge on any atom is 0.179 e. The molecule has 0 aliphatic rings. The van der Waals surface area contributed by atoms with Gasteiger partial charge in [-0.1, -0.05) is 25.4 Å². The Balaban J connectivity index is 2.57. The van der Waals surface area contributed by atoms with E-state index in [0.29, 0.717) is 10.9 Å². The first-order valence-corrected chi connectivity index (χ1v) is 6.20. The number of halogens is 1. The lowest BCUT2D eigenvalue weighted by molar-refractivity contribution is 0.629. The quantitative estimate of drug-likeness (QED) is 0.841. The van der Waals surface area contributed by atoms with Gasteiger partial charge in [-0.15, -0.1) is 0 Å². The van der Waals surface area contributed by atoms with Crippen LogP contribution in [0.5, 0.6) is 0 Å². The third-order valence-corrected chi connectivity index (χ3v) is 3.27. The lowest BCUT2D eigenvalue weighted by atomic mass is 10.2. The van der Waals surface area contributed by atoms with Crippen LogP contribution < -0.4 is 0 Å². The standard InChI is InChI=1S/C12H17ClN4/c1-5-17-9(4)10(13)12(15-17)16-7-6-14-11(16)8(2)3/h6-8H,5H2,1-4H3. The summed E-state index contributed by atoms with van der Waals surface area (Å²) in [5, 5.41) is 5.22. The summed E-state index contributed by atoms with van der Waals surface area (Å²) in [7, 11) is 0. The van der Waals surface area contributed by atoms with Gasteiger partial charge in [-0.25, -0.2) is 4.98 Å². The Morgan fingerprint density at radius 3 is 2.65 bits per heavy atom. The normalized spacial score (nSPS) is 11.4. The summed E-state index contributed by atoms with van der Waals surface area (Å²) < 4.78 is 3.87. The Labute approximate surface area is 106 Å². The zero-order valence-corrected chi connectivity index (χ0v) is 11.4. The van der Waals surface area contributed by atoms with Crippen molar-refractivity contribution in [2.75, 3.05) is 0 Å². The van der Waals surface area contributed by atoms with Crippen LogP contribution in [0.4, 0.5) is 0 Å². The van der Waals surface area contributed by atoms with Crippen LogP contribution in [0.15, 0.2) is 12.4 Å². The average Bonchev–Trinajstić information content (AvgIpc) is 2.86. The second kappa shape index (κ2) is 4.53. The zero-order chi connectivity index (χ0) is 12.6.